The minimum Gasteiger partial charge on any atom is -0.456 e. The maximum Gasteiger partial charge on any atom is 0.306 e. The number of esters is 1. The summed E-state index contributed by atoms with van der Waals surface area (Å²) in [6, 6.07) is 17.0. The molecule has 31 heavy (non-hydrogen) atoms. The number of benzene rings is 2. The number of rotatable bonds is 7. The molecule has 0 saturated carbocycles. The van der Waals surface area contributed by atoms with E-state index in [0.29, 0.717) is 29.3 Å². The van der Waals surface area contributed by atoms with E-state index < -0.39 is 11.9 Å². The topological polar surface area (TPSA) is 99.2 Å². The Morgan fingerprint density at radius 3 is 2.58 bits per heavy atom. The molecule has 8 nitrogen and oxygen atoms in total. The molecule has 0 bridgehead atoms. The number of para-hydroxylation sites is 3. The maximum atomic E-state index is 12.3. The van der Waals surface area contributed by atoms with Crippen molar-refractivity contribution >= 4 is 28.7 Å². The van der Waals surface area contributed by atoms with Crippen LogP contribution in [-0.2, 0) is 20.7 Å². The molecule has 2 aromatic carbocycles. The molecular formula is C23H22N4O4. The van der Waals surface area contributed by atoms with Gasteiger partial charge in [0.2, 0.25) is 0 Å². The zero-order chi connectivity index (χ0) is 21.8. The highest BCUT2D eigenvalue weighted by molar-refractivity contribution is 5.94. The zero-order valence-electron chi connectivity index (χ0n) is 17.3. The van der Waals surface area contributed by atoms with Crippen molar-refractivity contribution in [3.63, 3.8) is 0 Å². The van der Waals surface area contributed by atoms with E-state index in [1.54, 1.807) is 4.68 Å². The lowest BCUT2D eigenvalue weighted by Crippen LogP contribution is -2.21. The van der Waals surface area contributed by atoms with E-state index in [4.69, 9.17) is 9.15 Å². The summed E-state index contributed by atoms with van der Waals surface area (Å²) in [5.41, 5.74) is 4.39. The summed E-state index contributed by atoms with van der Waals surface area (Å²) in [7, 11) is 0. The number of carbonyl (C=O) groups is 2. The van der Waals surface area contributed by atoms with Crippen LogP contribution in [0.3, 0.4) is 0 Å². The van der Waals surface area contributed by atoms with Gasteiger partial charge in [0, 0.05) is 6.42 Å². The lowest BCUT2D eigenvalue weighted by Gasteiger charge is -2.08. The summed E-state index contributed by atoms with van der Waals surface area (Å²) in [5.74, 6) is -0.456. The Hall–Kier alpha value is -3.94. The standard InChI is InChI=1S/C23H22N4O4/c1-15-23(16(2)27(26-15)17-8-4-3-5-9-17)25-20(28)14-30-22(29)13-12-21-24-18-10-6-7-11-19(18)31-21/h3-11H,12-14H2,1-2H3,(H,25,28). The first kappa shape index (κ1) is 20.3. The van der Waals surface area contributed by atoms with Crippen LogP contribution in [0.5, 0.6) is 0 Å². The van der Waals surface area contributed by atoms with Crippen LogP contribution >= 0.6 is 0 Å². The molecule has 1 N–H and O–H groups in total. The van der Waals surface area contributed by atoms with Gasteiger partial charge >= 0.3 is 5.97 Å². The van der Waals surface area contributed by atoms with E-state index in [1.807, 2.05) is 68.4 Å². The van der Waals surface area contributed by atoms with Crippen LogP contribution in [0, 0.1) is 13.8 Å². The van der Waals surface area contributed by atoms with E-state index in [1.165, 1.54) is 0 Å². The average Bonchev–Trinajstić information content (AvgIpc) is 3.32. The Morgan fingerprint density at radius 2 is 1.81 bits per heavy atom. The number of amides is 1. The molecule has 2 heterocycles. The number of nitrogens with one attached hydrogen (secondary N) is 1. The van der Waals surface area contributed by atoms with Crippen molar-refractivity contribution in [2.75, 3.05) is 11.9 Å². The third-order valence-electron chi connectivity index (χ3n) is 4.80. The Kier molecular flexibility index (Phi) is 5.79. The third-order valence-corrected chi connectivity index (χ3v) is 4.80. The summed E-state index contributed by atoms with van der Waals surface area (Å²) in [6.45, 7) is 3.31. The average molecular weight is 418 g/mol. The summed E-state index contributed by atoms with van der Waals surface area (Å²) < 4.78 is 12.4. The number of hydrogen-bond acceptors (Lipinski definition) is 6. The van der Waals surface area contributed by atoms with Crippen LogP contribution in [0.4, 0.5) is 5.69 Å². The van der Waals surface area contributed by atoms with Crippen molar-refractivity contribution in [1.29, 1.82) is 0 Å². The molecule has 0 spiro atoms. The van der Waals surface area contributed by atoms with E-state index >= 15 is 0 Å². The molecule has 0 aliphatic heterocycles. The Balaban J connectivity index is 1.30. The van der Waals surface area contributed by atoms with Crippen molar-refractivity contribution in [3.8, 4) is 5.69 Å². The van der Waals surface area contributed by atoms with Gasteiger partial charge in [0.05, 0.1) is 29.2 Å². The number of carbonyl (C=O) groups excluding carboxylic acids is 2. The number of hydrogen-bond donors (Lipinski definition) is 1. The molecule has 158 valence electrons. The van der Waals surface area contributed by atoms with Crippen molar-refractivity contribution in [2.24, 2.45) is 0 Å². The van der Waals surface area contributed by atoms with Gasteiger partial charge in [-0.15, -0.1) is 0 Å². The fourth-order valence-corrected chi connectivity index (χ4v) is 3.27. The fraction of sp³-hybridized carbons (Fsp3) is 0.217. The first-order valence-electron chi connectivity index (χ1n) is 9.93. The molecule has 0 aliphatic carbocycles. The fourth-order valence-electron chi connectivity index (χ4n) is 3.27. The number of aromatic nitrogens is 3. The van der Waals surface area contributed by atoms with Crippen molar-refractivity contribution in [1.82, 2.24) is 14.8 Å². The Bertz CT molecular complexity index is 1190. The summed E-state index contributed by atoms with van der Waals surface area (Å²) in [4.78, 5) is 28.6. The van der Waals surface area contributed by atoms with Gasteiger partial charge in [-0.1, -0.05) is 30.3 Å². The molecule has 0 fully saturated rings. The largest absolute Gasteiger partial charge is 0.456 e. The van der Waals surface area contributed by atoms with Crippen LogP contribution in [0.15, 0.2) is 59.0 Å². The van der Waals surface area contributed by atoms with Crippen LogP contribution in [0.1, 0.15) is 23.7 Å². The lowest BCUT2D eigenvalue weighted by atomic mass is 10.3. The molecule has 0 unspecified atom stereocenters. The van der Waals surface area contributed by atoms with Gasteiger partial charge in [-0.3, -0.25) is 9.59 Å². The first-order valence-corrected chi connectivity index (χ1v) is 9.93. The number of aryl methyl sites for hydroxylation is 2. The smallest absolute Gasteiger partial charge is 0.306 e. The zero-order valence-corrected chi connectivity index (χ0v) is 17.3. The molecule has 8 heteroatoms. The van der Waals surface area contributed by atoms with Crippen molar-refractivity contribution < 1.29 is 18.7 Å². The molecule has 1 amide bonds. The van der Waals surface area contributed by atoms with Gasteiger partial charge in [-0.05, 0) is 38.1 Å². The predicted molar refractivity (Wildman–Crippen MR) is 115 cm³/mol. The van der Waals surface area contributed by atoms with Gasteiger partial charge in [0.25, 0.3) is 5.91 Å². The van der Waals surface area contributed by atoms with Gasteiger partial charge in [0.1, 0.15) is 5.52 Å². The van der Waals surface area contributed by atoms with Crippen molar-refractivity contribution in [2.45, 2.75) is 26.7 Å². The van der Waals surface area contributed by atoms with Gasteiger partial charge < -0.3 is 14.5 Å². The lowest BCUT2D eigenvalue weighted by molar-refractivity contribution is -0.147. The minimum atomic E-state index is -0.495. The third kappa shape index (κ3) is 4.63. The molecule has 0 aliphatic rings. The second-order valence-corrected chi connectivity index (χ2v) is 7.08. The monoisotopic (exact) mass is 418 g/mol. The normalized spacial score (nSPS) is 10.9. The Morgan fingerprint density at radius 1 is 1.06 bits per heavy atom. The first-order chi connectivity index (χ1) is 15.0. The molecule has 4 aromatic rings. The SMILES string of the molecule is Cc1nn(-c2ccccc2)c(C)c1NC(=O)COC(=O)CCc1nc2ccccc2o1. The highest BCUT2D eigenvalue weighted by Gasteiger charge is 2.16. The molecule has 0 atom stereocenters. The van der Waals surface area contributed by atoms with Gasteiger partial charge in [-0.2, -0.15) is 5.10 Å². The van der Waals surface area contributed by atoms with Crippen LogP contribution in [0.25, 0.3) is 16.8 Å². The van der Waals surface area contributed by atoms with Gasteiger partial charge in [0.15, 0.2) is 18.1 Å². The van der Waals surface area contributed by atoms with Crippen LogP contribution < -0.4 is 5.32 Å². The predicted octanol–water partition coefficient (Wildman–Crippen LogP) is 3.74. The summed E-state index contributed by atoms with van der Waals surface area (Å²) in [5, 5.41) is 7.27. The summed E-state index contributed by atoms with van der Waals surface area (Å²) in [6.07, 6.45) is 0.376. The molecular weight excluding hydrogens is 396 g/mol. The second-order valence-electron chi connectivity index (χ2n) is 7.08. The van der Waals surface area contributed by atoms with Crippen LogP contribution in [-0.4, -0.2) is 33.2 Å². The van der Waals surface area contributed by atoms with Crippen molar-refractivity contribution in [3.05, 3.63) is 71.9 Å². The highest BCUT2D eigenvalue weighted by Crippen LogP contribution is 2.22. The Labute approximate surface area is 178 Å². The van der Waals surface area contributed by atoms with E-state index in [-0.39, 0.29) is 13.0 Å². The molecule has 0 radical (unpaired) electrons. The molecule has 0 saturated heterocycles. The van der Waals surface area contributed by atoms with E-state index in [2.05, 4.69) is 15.4 Å². The van der Waals surface area contributed by atoms with E-state index in [0.717, 1.165) is 16.9 Å². The maximum absolute atomic E-state index is 12.3. The highest BCUT2D eigenvalue weighted by atomic mass is 16.5. The van der Waals surface area contributed by atoms with E-state index in [9.17, 15) is 9.59 Å². The molecule has 2 aromatic heterocycles. The summed E-state index contributed by atoms with van der Waals surface area (Å²) >= 11 is 0. The van der Waals surface area contributed by atoms with Crippen LogP contribution in [0.2, 0.25) is 0 Å². The molecule has 4 rings (SSSR count). The number of oxazole rings is 1. The minimum absolute atomic E-state index is 0.0735. The number of anilines is 1. The number of fused-ring (bicyclic) bond motifs is 1. The van der Waals surface area contributed by atoms with Gasteiger partial charge in [-0.25, -0.2) is 9.67 Å². The number of ether oxygens (including phenoxy) is 1. The second kappa shape index (κ2) is 8.83. The number of nitrogens with zero attached hydrogens (tertiary/aromatic N) is 3. The quantitative estimate of drug-likeness (QED) is 0.459.